The van der Waals surface area contributed by atoms with Crippen LogP contribution in [0.4, 0.5) is 5.13 Å². The molecular weight excluding hydrogens is 433 g/mol. The quantitative estimate of drug-likeness (QED) is 0.267. The molecule has 6 nitrogen and oxygen atoms in total. The molecule has 0 saturated carbocycles. The molecule has 0 fully saturated rings. The minimum atomic E-state index is -0.296. The van der Waals surface area contributed by atoms with Crippen LogP contribution >= 0.6 is 34.5 Å². The summed E-state index contributed by atoms with van der Waals surface area (Å²) in [5.74, 6) is 0.874. The van der Waals surface area contributed by atoms with Gasteiger partial charge < -0.3 is 9.47 Å². The van der Waals surface area contributed by atoms with E-state index in [1.165, 1.54) is 11.3 Å². The van der Waals surface area contributed by atoms with Crippen LogP contribution < -0.4 is 10.2 Å². The first-order valence-corrected chi connectivity index (χ1v) is 10.3. The van der Waals surface area contributed by atoms with Crippen molar-refractivity contribution in [2.75, 3.05) is 12.0 Å². The summed E-state index contributed by atoms with van der Waals surface area (Å²) in [6, 6.07) is 12.4. The fourth-order valence-electron chi connectivity index (χ4n) is 2.27. The van der Waals surface area contributed by atoms with Crippen LogP contribution in [0.2, 0.25) is 10.0 Å². The lowest BCUT2D eigenvalue weighted by molar-refractivity contribution is -0.142. The number of benzene rings is 2. The van der Waals surface area contributed by atoms with Gasteiger partial charge in [-0.3, -0.25) is 10.2 Å². The third-order valence-corrected chi connectivity index (χ3v) is 4.88. The normalized spacial score (nSPS) is 10.9. The largest absolute Gasteiger partial charge is 0.466 e. The Hall–Kier alpha value is -2.61. The summed E-state index contributed by atoms with van der Waals surface area (Å²) in [5.41, 5.74) is 4.37. The summed E-state index contributed by atoms with van der Waals surface area (Å²) in [6.07, 6.45) is 1.81. The molecule has 0 radical (unpaired) electrons. The molecule has 29 heavy (non-hydrogen) atoms. The molecule has 1 heterocycles. The molecule has 3 aromatic rings. The maximum absolute atomic E-state index is 11.5. The zero-order valence-corrected chi connectivity index (χ0v) is 17.7. The molecule has 150 valence electrons. The van der Waals surface area contributed by atoms with E-state index in [4.69, 9.17) is 32.7 Å². The molecule has 9 heteroatoms. The van der Waals surface area contributed by atoms with Crippen LogP contribution in [-0.4, -0.2) is 23.8 Å². The monoisotopic (exact) mass is 449 g/mol. The van der Waals surface area contributed by atoms with Gasteiger partial charge in [0, 0.05) is 10.4 Å². The topological polar surface area (TPSA) is 72.8 Å². The number of halogens is 2. The molecule has 0 aliphatic carbocycles. The van der Waals surface area contributed by atoms with Crippen LogP contribution in [0.3, 0.4) is 0 Å². The SMILES string of the molecule is CCOC(=O)Cc1csc(NN=Cc2ccc(Oc3ccc(Cl)cc3Cl)cc2)n1. The van der Waals surface area contributed by atoms with Crippen molar-refractivity contribution in [3.63, 3.8) is 0 Å². The van der Waals surface area contributed by atoms with Crippen molar-refractivity contribution >= 4 is 51.9 Å². The molecule has 0 aliphatic rings. The molecule has 2 aromatic carbocycles. The van der Waals surface area contributed by atoms with Gasteiger partial charge in [-0.2, -0.15) is 5.10 Å². The molecule has 0 spiro atoms. The number of aromatic nitrogens is 1. The number of nitrogens with zero attached hydrogens (tertiary/aromatic N) is 2. The standard InChI is InChI=1S/C20H17Cl2N3O3S/c1-2-27-19(26)10-15-12-29-20(24-15)25-23-11-13-3-6-16(7-4-13)28-18-8-5-14(21)9-17(18)22/h3-9,11-12H,2,10H2,1H3,(H,24,25). The van der Waals surface area contributed by atoms with Gasteiger partial charge in [0.15, 0.2) is 0 Å². The van der Waals surface area contributed by atoms with E-state index in [1.807, 2.05) is 24.3 Å². The van der Waals surface area contributed by atoms with Crippen molar-refractivity contribution < 1.29 is 14.3 Å². The van der Waals surface area contributed by atoms with Crippen molar-refractivity contribution in [3.05, 3.63) is 69.1 Å². The molecule has 0 atom stereocenters. The van der Waals surface area contributed by atoms with E-state index < -0.39 is 0 Å². The summed E-state index contributed by atoms with van der Waals surface area (Å²) in [5, 5.41) is 7.54. The zero-order valence-electron chi connectivity index (χ0n) is 15.4. The Labute approximate surface area is 182 Å². The van der Waals surface area contributed by atoms with Gasteiger partial charge in [0.05, 0.1) is 30.0 Å². The maximum atomic E-state index is 11.5. The summed E-state index contributed by atoms with van der Waals surface area (Å²) >= 11 is 13.4. The summed E-state index contributed by atoms with van der Waals surface area (Å²) in [4.78, 5) is 15.8. The highest BCUT2D eigenvalue weighted by atomic mass is 35.5. The number of ether oxygens (including phenoxy) is 2. The fraction of sp³-hybridized carbons (Fsp3) is 0.150. The lowest BCUT2D eigenvalue weighted by Gasteiger charge is -2.07. The number of hydrazone groups is 1. The number of hydrogen-bond donors (Lipinski definition) is 1. The molecule has 3 rings (SSSR count). The lowest BCUT2D eigenvalue weighted by atomic mass is 10.2. The van der Waals surface area contributed by atoms with E-state index in [9.17, 15) is 4.79 Å². The smallest absolute Gasteiger partial charge is 0.311 e. The van der Waals surface area contributed by atoms with Crippen molar-refractivity contribution in [3.8, 4) is 11.5 Å². The van der Waals surface area contributed by atoms with Gasteiger partial charge in [-0.25, -0.2) is 4.98 Å². The number of hydrogen-bond acceptors (Lipinski definition) is 7. The molecule has 1 aromatic heterocycles. The Bertz CT molecular complexity index is 1010. The van der Waals surface area contributed by atoms with Crippen LogP contribution in [0.1, 0.15) is 18.2 Å². The van der Waals surface area contributed by atoms with Crippen LogP contribution in [-0.2, 0) is 16.0 Å². The van der Waals surface area contributed by atoms with Crippen molar-refractivity contribution in [2.45, 2.75) is 13.3 Å². The number of anilines is 1. The number of rotatable bonds is 8. The number of thiazole rings is 1. The Morgan fingerprint density at radius 2 is 2.03 bits per heavy atom. The number of carbonyl (C=O) groups excluding carboxylic acids is 1. The third-order valence-electron chi connectivity index (χ3n) is 3.56. The highest BCUT2D eigenvalue weighted by Crippen LogP contribution is 2.31. The average Bonchev–Trinajstić information content (AvgIpc) is 3.12. The molecule has 1 N–H and O–H groups in total. The van der Waals surface area contributed by atoms with Crippen molar-refractivity contribution in [1.82, 2.24) is 4.98 Å². The summed E-state index contributed by atoms with van der Waals surface area (Å²) in [7, 11) is 0. The van der Waals surface area contributed by atoms with Gasteiger partial charge in [-0.15, -0.1) is 11.3 Å². The predicted molar refractivity (Wildman–Crippen MR) is 117 cm³/mol. The Morgan fingerprint density at radius 1 is 1.24 bits per heavy atom. The second-order valence-electron chi connectivity index (χ2n) is 5.74. The average molecular weight is 450 g/mol. The highest BCUT2D eigenvalue weighted by Gasteiger charge is 2.08. The van der Waals surface area contributed by atoms with Crippen LogP contribution in [0, 0.1) is 0 Å². The van der Waals surface area contributed by atoms with Gasteiger partial charge in [-0.1, -0.05) is 23.2 Å². The second kappa shape index (κ2) is 10.2. The molecule has 0 amide bonds. The Morgan fingerprint density at radius 3 is 2.76 bits per heavy atom. The molecule has 0 saturated heterocycles. The summed E-state index contributed by atoms with van der Waals surface area (Å²) < 4.78 is 10.7. The maximum Gasteiger partial charge on any atom is 0.311 e. The van der Waals surface area contributed by atoms with Gasteiger partial charge in [0.25, 0.3) is 0 Å². The van der Waals surface area contributed by atoms with Gasteiger partial charge in [0.2, 0.25) is 5.13 Å². The first-order valence-electron chi connectivity index (χ1n) is 8.65. The number of nitrogens with one attached hydrogen (secondary N) is 1. The molecule has 0 aliphatic heterocycles. The first-order chi connectivity index (χ1) is 14.0. The van der Waals surface area contributed by atoms with Gasteiger partial charge in [0.1, 0.15) is 11.5 Å². The van der Waals surface area contributed by atoms with Crippen molar-refractivity contribution in [1.29, 1.82) is 0 Å². The minimum Gasteiger partial charge on any atom is -0.466 e. The first kappa shape index (κ1) is 21.1. The van der Waals surface area contributed by atoms with Gasteiger partial charge >= 0.3 is 5.97 Å². The van der Waals surface area contributed by atoms with E-state index in [0.717, 1.165) is 5.56 Å². The van der Waals surface area contributed by atoms with Crippen LogP contribution in [0.15, 0.2) is 52.9 Å². The molecular formula is C20H17Cl2N3O3S. The van der Waals surface area contributed by atoms with E-state index in [2.05, 4.69) is 15.5 Å². The predicted octanol–water partition coefficient (Wildman–Crippen LogP) is 5.79. The third kappa shape index (κ3) is 6.45. The van der Waals surface area contributed by atoms with Crippen molar-refractivity contribution in [2.24, 2.45) is 5.10 Å². The lowest BCUT2D eigenvalue weighted by Crippen LogP contribution is -2.07. The second-order valence-corrected chi connectivity index (χ2v) is 7.44. The fourth-order valence-corrected chi connectivity index (χ4v) is 3.37. The Kier molecular flexibility index (Phi) is 7.46. The highest BCUT2D eigenvalue weighted by molar-refractivity contribution is 7.13. The Balaban J connectivity index is 1.54. The van der Waals surface area contributed by atoms with E-state index in [1.54, 1.807) is 36.7 Å². The molecule has 0 unspecified atom stereocenters. The molecule has 0 bridgehead atoms. The van der Waals surface area contributed by atoms with E-state index >= 15 is 0 Å². The summed E-state index contributed by atoms with van der Waals surface area (Å²) in [6.45, 7) is 2.13. The number of esters is 1. The van der Waals surface area contributed by atoms with E-state index in [0.29, 0.717) is 39.0 Å². The van der Waals surface area contributed by atoms with Crippen LogP contribution in [0.5, 0.6) is 11.5 Å². The zero-order chi connectivity index (χ0) is 20.6. The van der Waals surface area contributed by atoms with Gasteiger partial charge in [-0.05, 0) is 55.0 Å². The minimum absolute atomic E-state index is 0.148. The number of carbonyl (C=O) groups is 1. The van der Waals surface area contributed by atoms with Crippen LogP contribution in [0.25, 0.3) is 0 Å². The van der Waals surface area contributed by atoms with E-state index in [-0.39, 0.29) is 12.4 Å².